The number of carbonyl (C=O) groups excluding carboxylic acids is 1. The molecule has 0 fully saturated rings. The SMILES string of the molecule is COc1ccc(C(CC(C)C)NC(=O)c2ccc(C)c(N(C)S(C)(=O)=O)c2)cc1. The average Bonchev–Trinajstić information content (AvgIpc) is 2.66. The molecule has 2 rings (SSSR count). The third kappa shape index (κ3) is 5.97. The third-order valence-electron chi connectivity index (χ3n) is 4.84. The minimum absolute atomic E-state index is 0.161. The molecule has 0 aliphatic rings. The maximum atomic E-state index is 13.0. The van der Waals surface area contributed by atoms with Crippen molar-refractivity contribution in [2.24, 2.45) is 5.92 Å². The van der Waals surface area contributed by atoms with Crippen LogP contribution >= 0.6 is 0 Å². The lowest BCUT2D eigenvalue weighted by Crippen LogP contribution is -2.30. The lowest BCUT2D eigenvalue weighted by Gasteiger charge is -2.23. The Bertz CT molecular complexity index is 953. The van der Waals surface area contributed by atoms with Gasteiger partial charge in [-0.25, -0.2) is 8.42 Å². The Balaban J connectivity index is 2.31. The van der Waals surface area contributed by atoms with Crippen molar-refractivity contribution in [3.63, 3.8) is 0 Å². The quantitative estimate of drug-likeness (QED) is 0.705. The summed E-state index contributed by atoms with van der Waals surface area (Å²) in [6.07, 6.45) is 1.92. The number of hydrogen-bond acceptors (Lipinski definition) is 4. The van der Waals surface area contributed by atoms with Gasteiger partial charge >= 0.3 is 0 Å². The molecule has 0 aromatic heterocycles. The average molecular weight is 419 g/mol. The Labute approximate surface area is 173 Å². The molecule has 1 N–H and O–H groups in total. The first-order valence-corrected chi connectivity index (χ1v) is 11.4. The van der Waals surface area contributed by atoms with Gasteiger partial charge in [0.05, 0.1) is 25.1 Å². The van der Waals surface area contributed by atoms with Crippen molar-refractivity contribution in [2.45, 2.75) is 33.2 Å². The predicted molar refractivity (Wildman–Crippen MR) is 117 cm³/mol. The number of benzene rings is 2. The normalized spacial score (nSPS) is 12.5. The molecule has 0 heterocycles. The number of methoxy groups -OCH3 is 1. The van der Waals surface area contributed by atoms with Gasteiger partial charge in [0.25, 0.3) is 5.91 Å². The highest BCUT2D eigenvalue weighted by Gasteiger charge is 2.20. The van der Waals surface area contributed by atoms with Gasteiger partial charge in [0, 0.05) is 12.6 Å². The van der Waals surface area contributed by atoms with Crippen molar-refractivity contribution >= 4 is 21.6 Å². The second-order valence-electron chi connectivity index (χ2n) is 7.66. The minimum Gasteiger partial charge on any atom is -0.497 e. The van der Waals surface area contributed by atoms with E-state index < -0.39 is 10.0 Å². The fourth-order valence-corrected chi connectivity index (χ4v) is 3.65. The molecule has 0 aliphatic carbocycles. The van der Waals surface area contributed by atoms with Gasteiger partial charge in [0.1, 0.15) is 5.75 Å². The van der Waals surface area contributed by atoms with Crippen molar-refractivity contribution < 1.29 is 17.9 Å². The van der Waals surface area contributed by atoms with E-state index in [1.807, 2.05) is 31.2 Å². The molecular formula is C22H30N2O4S. The van der Waals surface area contributed by atoms with Crippen LogP contribution in [0.5, 0.6) is 5.75 Å². The van der Waals surface area contributed by atoms with Crippen molar-refractivity contribution in [3.05, 3.63) is 59.2 Å². The summed E-state index contributed by atoms with van der Waals surface area (Å²) in [5.74, 6) is 0.900. The van der Waals surface area contributed by atoms with Crippen LogP contribution in [0.2, 0.25) is 0 Å². The summed E-state index contributed by atoms with van der Waals surface area (Å²) in [6, 6.07) is 12.6. The molecular weight excluding hydrogens is 388 g/mol. The summed E-state index contributed by atoms with van der Waals surface area (Å²) in [5, 5.41) is 3.10. The van der Waals surface area contributed by atoms with Crippen LogP contribution in [0, 0.1) is 12.8 Å². The zero-order valence-electron chi connectivity index (χ0n) is 17.9. The van der Waals surface area contributed by atoms with Gasteiger partial charge in [0.2, 0.25) is 10.0 Å². The van der Waals surface area contributed by atoms with Crippen LogP contribution in [0.25, 0.3) is 0 Å². The van der Waals surface area contributed by atoms with Crippen molar-refractivity contribution in [3.8, 4) is 5.75 Å². The molecule has 7 heteroatoms. The van der Waals surface area contributed by atoms with Crippen molar-refractivity contribution in [2.75, 3.05) is 24.7 Å². The van der Waals surface area contributed by atoms with Crippen molar-refractivity contribution in [1.29, 1.82) is 0 Å². The van der Waals surface area contributed by atoms with E-state index in [1.54, 1.807) is 25.3 Å². The summed E-state index contributed by atoms with van der Waals surface area (Å²) in [5.41, 5.74) is 2.69. The number of ether oxygens (including phenoxy) is 1. The number of carbonyl (C=O) groups is 1. The van der Waals surface area contributed by atoms with E-state index in [1.165, 1.54) is 11.4 Å². The van der Waals surface area contributed by atoms with Gasteiger partial charge in [0.15, 0.2) is 0 Å². The Morgan fingerprint density at radius 2 is 1.76 bits per heavy atom. The molecule has 158 valence electrons. The summed E-state index contributed by atoms with van der Waals surface area (Å²) in [7, 11) is -0.319. The fourth-order valence-electron chi connectivity index (χ4n) is 3.10. The van der Waals surface area contributed by atoms with E-state index in [-0.39, 0.29) is 11.9 Å². The lowest BCUT2D eigenvalue weighted by atomic mass is 9.96. The molecule has 0 saturated carbocycles. The van der Waals surface area contributed by atoms with Crippen LogP contribution in [0.1, 0.15) is 47.8 Å². The van der Waals surface area contributed by atoms with Crippen LogP contribution in [0.15, 0.2) is 42.5 Å². The molecule has 0 saturated heterocycles. The van der Waals surface area contributed by atoms with E-state index in [0.717, 1.165) is 29.6 Å². The summed E-state index contributed by atoms with van der Waals surface area (Å²) in [4.78, 5) is 13.0. The van der Waals surface area contributed by atoms with E-state index in [4.69, 9.17) is 4.74 Å². The summed E-state index contributed by atoms with van der Waals surface area (Å²) < 4.78 is 30.2. The molecule has 1 atom stereocenters. The molecule has 1 unspecified atom stereocenters. The zero-order valence-corrected chi connectivity index (χ0v) is 18.7. The van der Waals surface area contributed by atoms with Crippen LogP contribution in [-0.2, 0) is 10.0 Å². The molecule has 2 aromatic carbocycles. The Hall–Kier alpha value is -2.54. The highest BCUT2D eigenvalue weighted by atomic mass is 32.2. The van der Waals surface area contributed by atoms with Crippen LogP contribution in [-0.4, -0.2) is 34.7 Å². The summed E-state index contributed by atoms with van der Waals surface area (Å²) >= 11 is 0. The van der Waals surface area contributed by atoms with Crippen LogP contribution < -0.4 is 14.4 Å². The van der Waals surface area contributed by atoms with Crippen LogP contribution in [0.4, 0.5) is 5.69 Å². The van der Waals surface area contributed by atoms with E-state index in [0.29, 0.717) is 17.2 Å². The lowest BCUT2D eigenvalue weighted by molar-refractivity contribution is 0.0932. The molecule has 2 aromatic rings. The number of nitrogens with zero attached hydrogens (tertiary/aromatic N) is 1. The number of aryl methyl sites for hydroxylation is 1. The third-order valence-corrected chi connectivity index (χ3v) is 6.03. The first kappa shape index (κ1) is 22.7. The monoisotopic (exact) mass is 418 g/mol. The van der Waals surface area contributed by atoms with Crippen molar-refractivity contribution in [1.82, 2.24) is 5.32 Å². The fraction of sp³-hybridized carbons (Fsp3) is 0.409. The minimum atomic E-state index is -3.42. The summed E-state index contributed by atoms with van der Waals surface area (Å²) in [6.45, 7) is 6.03. The van der Waals surface area contributed by atoms with Gasteiger partial charge in [-0.15, -0.1) is 0 Å². The van der Waals surface area contributed by atoms with Gasteiger partial charge in [-0.2, -0.15) is 0 Å². The molecule has 1 amide bonds. The highest BCUT2D eigenvalue weighted by Crippen LogP contribution is 2.26. The molecule has 0 radical (unpaired) electrons. The first-order valence-electron chi connectivity index (χ1n) is 9.52. The zero-order chi connectivity index (χ0) is 21.8. The highest BCUT2D eigenvalue weighted by molar-refractivity contribution is 7.92. The number of rotatable bonds is 8. The molecule has 0 spiro atoms. The van der Waals surface area contributed by atoms with Gasteiger partial charge in [-0.1, -0.05) is 32.0 Å². The molecule has 0 aliphatic heterocycles. The maximum absolute atomic E-state index is 13.0. The van der Waals surface area contributed by atoms with Gasteiger partial charge < -0.3 is 10.1 Å². The topological polar surface area (TPSA) is 75.7 Å². The van der Waals surface area contributed by atoms with Crippen LogP contribution in [0.3, 0.4) is 0 Å². The van der Waals surface area contributed by atoms with Gasteiger partial charge in [-0.05, 0) is 54.7 Å². The second-order valence-corrected chi connectivity index (χ2v) is 9.67. The molecule has 0 bridgehead atoms. The predicted octanol–water partition coefficient (Wildman–Crippen LogP) is 3.92. The van der Waals surface area contributed by atoms with E-state index >= 15 is 0 Å². The number of sulfonamides is 1. The standard InChI is InChI=1S/C22H30N2O4S/c1-15(2)13-20(17-9-11-19(28-5)12-10-17)23-22(25)18-8-7-16(3)21(14-18)24(4)29(6,26)27/h7-12,14-15,20H,13H2,1-6H3,(H,23,25). The van der Waals surface area contributed by atoms with Gasteiger partial charge in [-0.3, -0.25) is 9.10 Å². The number of anilines is 1. The maximum Gasteiger partial charge on any atom is 0.251 e. The second kappa shape index (κ2) is 9.31. The Morgan fingerprint density at radius 1 is 1.14 bits per heavy atom. The molecule has 6 nitrogen and oxygen atoms in total. The number of amides is 1. The smallest absolute Gasteiger partial charge is 0.251 e. The largest absolute Gasteiger partial charge is 0.497 e. The first-order chi connectivity index (χ1) is 13.5. The number of hydrogen-bond donors (Lipinski definition) is 1. The Morgan fingerprint density at radius 3 is 2.28 bits per heavy atom. The van der Waals surface area contributed by atoms with E-state index in [2.05, 4.69) is 19.2 Å². The Kier molecular flexibility index (Phi) is 7.30. The number of nitrogens with one attached hydrogen (secondary N) is 1. The molecule has 29 heavy (non-hydrogen) atoms. The van der Waals surface area contributed by atoms with E-state index in [9.17, 15) is 13.2 Å².